The van der Waals surface area contributed by atoms with Crippen LogP contribution in [-0.2, 0) is 11.2 Å². The number of nitrogens with zero attached hydrogens (tertiary/aromatic N) is 1. The van der Waals surface area contributed by atoms with E-state index in [1.165, 1.54) is 0 Å². The highest BCUT2D eigenvalue weighted by Crippen LogP contribution is 2.27. The fraction of sp³-hybridized carbons (Fsp3) is 0.238. The van der Waals surface area contributed by atoms with Gasteiger partial charge >= 0.3 is 0 Å². The topological polar surface area (TPSA) is 71.3 Å². The van der Waals surface area contributed by atoms with Gasteiger partial charge in [0.25, 0.3) is 5.91 Å². The van der Waals surface area contributed by atoms with Gasteiger partial charge in [-0.1, -0.05) is 18.2 Å². The predicted molar refractivity (Wildman–Crippen MR) is 108 cm³/mol. The molecule has 27 heavy (non-hydrogen) atoms. The average molecular weight is 382 g/mol. The number of carbonyl (C=O) groups is 1. The zero-order valence-corrected chi connectivity index (χ0v) is 16.4. The lowest BCUT2D eigenvalue weighted by molar-refractivity contribution is -0.117. The lowest BCUT2D eigenvalue weighted by Crippen LogP contribution is -2.26. The van der Waals surface area contributed by atoms with Gasteiger partial charge in [0, 0.05) is 11.4 Å². The summed E-state index contributed by atoms with van der Waals surface area (Å²) in [5, 5.41) is 12.1. The van der Waals surface area contributed by atoms with Gasteiger partial charge in [0.1, 0.15) is 11.6 Å². The maximum atomic E-state index is 12.3. The number of hydrogen-bond acceptors (Lipinski definition) is 5. The van der Waals surface area contributed by atoms with Gasteiger partial charge in [0.2, 0.25) is 0 Å². The smallest absolute Gasteiger partial charge is 0.261 e. The summed E-state index contributed by atoms with van der Waals surface area (Å²) in [6, 6.07) is 15.3. The normalized spacial score (nSPS) is 10.8. The van der Waals surface area contributed by atoms with Gasteiger partial charge in [-0.05, 0) is 54.1 Å². The molecule has 2 aromatic rings. The van der Waals surface area contributed by atoms with Gasteiger partial charge in [-0.25, -0.2) is 0 Å². The van der Waals surface area contributed by atoms with E-state index in [2.05, 4.69) is 5.32 Å². The molecule has 1 amide bonds. The van der Waals surface area contributed by atoms with Gasteiger partial charge in [-0.2, -0.15) is 5.26 Å². The van der Waals surface area contributed by atoms with Crippen LogP contribution in [0.3, 0.4) is 0 Å². The Balaban J connectivity index is 1.97. The predicted octanol–water partition coefficient (Wildman–Crippen LogP) is 3.69. The molecule has 6 heteroatoms. The number of rotatable bonds is 8. The highest BCUT2D eigenvalue weighted by molar-refractivity contribution is 7.98. The van der Waals surface area contributed by atoms with Crippen molar-refractivity contribution in [1.29, 1.82) is 5.26 Å². The number of carbonyl (C=O) groups excluding carboxylic acids is 1. The lowest BCUT2D eigenvalue weighted by atomic mass is 10.1. The summed E-state index contributed by atoms with van der Waals surface area (Å²) in [7, 11) is 3.17. The Bertz CT molecular complexity index is 855. The maximum absolute atomic E-state index is 12.3. The van der Waals surface area contributed by atoms with Crippen LogP contribution in [0.1, 0.15) is 11.1 Å². The van der Waals surface area contributed by atoms with Crippen LogP contribution < -0.4 is 14.8 Å². The molecule has 0 saturated carbocycles. The fourth-order valence-electron chi connectivity index (χ4n) is 2.47. The lowest BCUT2D eigenvalue weighted by Gasteiger charge is -2.10. The fourth-order valence-corrected chi connectivity index (χ4v) is 2.88. The highest BCUT2D eigenvalue weighted by Gasteiger charge is 2.09. The van der Waals surface area contributed by atoms with E-state index in [4.69, 9.17) is 9.47 Å². The second-order valence-electron chi connectivity index (χ2n) is 5.64. The molecule has 2 rings (SSSR count). The van der Waals surface area contributed by atoms with Crippen LogP contribution in [0.15, 0.2) is 52.9 Å². The summed E-state index contributed by atoms with van der Waals surface area (Å²) < 4.78 is 10.5. The van der Waals surface area contributed by atoms with Crippen molar-refractivity contribution >= 4 is 23.7 Å². The van der Waals surface area contributed by atoms with E-state index < -0.39 is 0 Å². The van der Waals surface area contributed by atoms with E-state index in [-0.39, 0.29) is 11.5 Å². The molecule has 0 fully saturated rings. The Morgan fingerprint density at radius 3 is 2.44 bits per heavy atom. The molecule has 2 aromatic carbocycles. The van der Waals surface area contributed by atoms with E-state index >= 15 is 0 Å². The van der Waals surface area contributed by atoms with Gasteiger partial charge in [0.15, 0.2) is 11.5 Å². The summed E-state index contributed by atoms with van der Waals surface area (Å²) in [5.41, 5.74) is 1.90. The number of nitrogens with one attached hydrogen (secondary N) is 1. The Labute approximate surface area is 164 Å². The third-order valence-electron chi connectivity index (χ3n) is 3.94. The second kappa shape index (κ2) is 10.3. The van der Waals surface area contributed by atoms with Crippen LogP contribution in [0.4, 0.5) is 0 Å². The first-order chi connectivity index (χ1) is 13.1. The average Bonchev–Trinajstić information content (AvgIpc) is 2.72. The zero-order valence-electron chi connectivity index (χ0n) is 15.6. The van der Waals surface area contributed by atoms with E-state index in [1.807, 2.05) is 54.8 Å². The number of benzene rings is 2. The van der Waals surface area contributed by atoms with Crippen LogP contribution in [0.5, 0.6) is 11.5 Å². The number of ether oxygens (including phenoxy) is 2. The van der Waals surface area contributed by atoms with E-state index in [9.17, 15) is 10.1 Å². The minimum Gasteiger partial charge on any atom is -0.493 e. The van der Waals surface area contributed by atoms with Crippen molar-refractivity contribution in [3.05, 3.63) is 59.2 Å². The van der Waals surface area contributed by atoms with Gasteiger partial charge in [0.05, 0.1) is 14.2 Å². The third kappa shape index (κ3) is 5.80. The first-order valence-electron chi connectivity index (χ1n) is 8.36. The first kappa shape index (κ1) is 20.4. The molecule has 0 aliphatic rings. The number of methoxy groups -OCH3 is 2. The molecule has 0 heterocycles. The number of hydrogen-bond donors (Lipinski definition) is 1. The molecule has 0 radical (unpaired) electrons. The molecule has 0 aliphatic carbocycles. The second-order valence-corrected chi connectivity index (χ2v) is 6.52. The van der Waals surface area contributed by atoms with Crippen LogP contribution in [0.25, 0.3) is 6.08 Å². The van der Waals surface area contributed by atoms with E-state index in [0.717, 1.165) is 16.0 Å². The number of amides is 1. The van der Waals surface area contributed by atoms with Crippen molar-refractivity contribution < 1.29 is 14.3 Å². The van der Waals surface area contributed by atoms with E-state index in [0.29, 0.717) is 24.5 Å². The molecule has 0 unspecified atom stereocenters. The molecular formula is C21H22N2O3S. The van der Waals surface area contributed by atoms with Crippen molar-refractivity contribution in [2.45, 2.75) is 11.3 Å². The van der Waals surface area contributed by atoms with E-state index in [1.54, 1.807) is 32.1 Å². The Kier molecular flexibility index (Phi) is 7.78. The summed E-state index contributed by atoms with van der Waals surface area (Å²) in [6.07, 6.45) is 4.21. The number of thioether (sulfide) groups is 1. The molecule has 0 bridgehead atoms. The molecule has 0 aliphatic heterocycles. The molecular weight excluding hydrogens is 360 g/mol. The van der Waals surface area contributed by atoms with Crippen molar-refractivity contribution in [2.75, 3.05) is 27.0 Å². The molecule has 1 N–H and O–H groups in total. The highest BCUT2D eigenvalue weighted by atomic mass is 32.2. The van der Waals surface area contributed by atoms with Crippen molar-refractivity contribution in [1.82, 2.24) is 5.32 Å². The third-order valence-corrected chi connectivity index (χ3v) is 4.68. The van der Waals surface area contributed by atoms with Crippen LogP contribution in [0, 0.1) is 11.3 Å². The molecule has 0 aromatic heterocycles. The zero-order chi connectivity index (χ0) is 19.6. The SMILES string of the molecule is COc1ccc(CCNC(=O)/C(C#N)=C/c2ccc(SC)cc2)cc1OC. The molecule has 0 saturated heterocycles. The minimum absolute atomic E-state index is 0.0826. The molecule has 140 valence electrons. The Hall–Kier alpha value is -2.91. The monoisotopic (exact) mass is 382 g/mol. The summed E-state index contributed by atoms with van der Waals surface area (Å²) in [6.45, 7) is 0.415. The van der Waals surface area contributed by atoms with Crippen LogP contribution in [0.2, 0.25) is 0 Å². The van der Waals surface area contributed by atoms with Gasteiger partial charge < -0.3 is 14.8 Å². The molecule has 0 spiro atoms. The summed E-state index contributed by atoms with van der Waals surface area (Å²) in [5.74, 6) is 0.923. The number of nitriles is 1. The van der Waals surface area contributed by atoms with Gasteiger partial charge in [-0.15, -0.1) is 11.8 Å². The first-order valence-corrected chi connectivity index (χ1v) is 9.58. The molecule has 5 nitrogen and oxygen atoms in total. The van der Waals surface area contributed by atoms with Crippen molar-refractivity contribution in [2.24, 2.45) is 0 Å². The summed E-state index contributed by atoms with van der Waals surface area (Å²) >= 11 is 1.64. The van der Waals surface area contributed by atoms with Crippen molar-refractivity contribution in [3.8, 4) is 17.6 Å². The summed E-state index contributed by atoms with van der Waals surface area (Å²) in [4.78, 5) is 13.4. The van der Waals surface area contributed by atoms with Crippen LogP contribution in [-0.4, -0.2) is 32.9 Å². The van der Waals surface area contributed by atoms with Crippen molar-refractivity contribution in [3.63, 3.8) is 0 Å². The standard InChI is InChI=1S/C21H22N2O3S/c1-25-19-9-6-16(13-20(19)26-2)10-11-23-21(24)17(14-22)12-15-4-7-18(27-3)8-5-15/h4-9,12-13H,10-11H2,1-3H3,(H,23,24)/b17-12+. The molecule has 0 atom stereocenters. The Morgan fingerprint density at radius 2 is 1.85 bits per heavy atom. The maximum Gasteiger partial charge on any atom is 0.261 e. The van der Waals surface area contributed by atoms with Gasteiger partial charge in [-0.3, -0.25) is 4.79 Å². The quantitative estimate of drug-likeness (QED) is 0.428. The Morgan fingerprint density at radius 1 is 1.15 bits per heavy atom. The largest absolute Gasteiger partial charge is 0.493 e. The minimum atomic E-state index is -0.382. The van der Waals surface area contributed by atoms with Crippen LogP contribution >= 0.6 is 11.8 Å².